The van der Waals surface area contributed by atoms with E-state index in [2.05, 4.69) is 22.4 Å². The first-order chi connectivity index (χ1) is 9.83. The van der Waals surface area contributed by atoms with Gasteiger partial charge in [0.25, 0.3) is 0 Å². The predicted octanol–water partition coefficient (Wildman–Crippen LogP) is 3.40. The van der Waals surface area contributed by atoms with E-state index in [-0.39, 0.29) is 0 Å². The summed E-state index contributed by atoms with van der Waals surface area (Å²) < 4.78 is 5.70. The minimum absolute atomic E-state index is 0.518. The standard InChI is InChI=1S/C16H21N3O/c1-12(13-7-5-6-8-13)17-11-15-18-19-16(20-15)14-9-3-2-4-10-14/h2-4,9-10,12-13,17H,5-8,11H2,1H3/t12-/m1/s1. The van der Waals surface area contributed by atoms with E-state index in [9.17, 15) is 0 Å². The molecular weight excluding hydrogens is 250 g/mol. The van der Waals surface area contributed by atoms with Crippen molar-refractivity contribution < 1.29 is 4.42 Å². The zero-order valence-electron chi connectivity index (χ0n) is 11.9. The molecule has 3 rings (SSSR count). The van der Waals surface area contributed by atoms with E-state index in [1.165, 1.54) is 25.7 Å². The average molecular weight is 271 g/mol. The van der Waals surface area contributed by atoms with Gasteiger partial charge in [0, 0.05) is 11.6 Å². The molecule has 0 spiro atoms. The molecule has 0 aliphatic heterocycles. The summed E-state index contributed by atoms with van der Waals surface area (Å²) >= 11 is 0. The minimum Gasteiger partial charge on any atom is -0.419 e. The van der Waals surface area contributed by atoms with E-state index in [1.54, 1.807) is 0 Å². The lowest BCUT2D eigenvalue weighted by Gasteiger charge is -2.19. The summed E-state index contributed by atoms with van der Waals surface area (Å²) in [6, 6.07) is 10.4. The van der Waals surface area contributed by atoms with E-state index in [1.807, 2.05) is 30.3 Å². The molecule has 1 aromatic carbocycles. The molecule has 0 amide bonds. The van der Waals surface area contributed by atoms with Crippen molar-refractivity contribution in [3.8, 4) is 11.5 Å². The van der Waals surface area contributed by atoms with Gasteiger partial charge < -0.3 is 9.73 Å². The van der Waals surface area contributed by atoms with Gasteiger partial charge in [0.05, 0.1) is 6.54 Å². The zero-order valence-corrected chi connectivity index (χ0v) is 11.9. The highest BCUT2D eigenvalue weighted by Crippen LogP contribution is 2.27. The molecule has 1 aromatic heterocycles. The molecule has 1 aliphatic carbocycles. The number of hydrogen-bond donors (Lipinski definition) is 1. The molecule has 4 nitrogen and oxygen atoms in total. The van der Waals surface area contributed by atoms with Gasteiger partial charge in [0.2, 0.25) is 11.8 Å². The Morgan fingerprint density at radius 2 is 1.95 bits per heavy atom. The van der Waals surface area contributed by atoms with E-state index in [0.717, 1.165) is 11.5 Å². The van der Waals surface area contributed by atoms with E-state index >= 15 is 0 Å². The lowest BCUT2D eigenvalue weighted by Crippen LogP contribution is -2.31. The molecule has 0 radical (unpaired) electrons. The fourth-order valence-corrected chi connectivity index (χ4v) is 2.89. The van der Waals surface area contributed by atoms with Crippen LogP contribution in [0.25, 0.3) is 11.5 Å². The van der Waals surface area contributed by atoms with Crippen molar-refractivity contribution in [3.63, 3.8) is 0 Å². The van der Waals surface area contributed by atoms with Gasteiger partial charge in [-0.3, -0.25) is 0 Å². The largest absolute Gasteiger partial charge is 0.419 e. The molecule has 1 atom stereocenters. The number of aromatic nitrogens is 2. The summed E-state index contributed by atoms with van der Waals surface area (Å²) in [5.41, 5.74) is 0.968. The van der Waals surface area contributed by atoms with E-state index in [0.29, 0.717) is 24.4 Å². The monoisotopic (exact) mass is 271 g/mol. The molecule has 0 bridgehead atoms. The molecule has 1 saturated carbocycles. The van der Waals surface area contributed by atoms with E-state index in [4.69, 9.17) is 4.42 Å². The summed E-state index contributed by atoms with van der Waals surface area (Å²) in [5, 5.41) is 11.7. The normalized spacial score (nSPS) is 17.4. The average Bonchev–Trinajstić information content (AvgIpc) is 3.17. The van der Waals surface area contributed by atoms with Crippen molar-refractivity contribution in [2.45, 2.75) is 45.2 Å². The van der Waals surface area contributed by atoms with Crippen LogP contribution in [-0.4, -0.2) is 16.2 Å². The number of hydrogen-bond acceptors (Lipinski definition) is 4. The summed E-state index contributed by atoms with van der Waals surface area (Å²) in [7, 11) is 0. The molecule has 1 N–H and O–H groups in total. The SMILES string of the molecule is C[C@@H](NCc1nnc(-c2ccccc2)o1)C1CCCC1. The van der Waals surface area contributed by atoms with Crippen molar-refractivity contribution >= 4 is 0 Å². The Labute approximate surface area is 119 Å². The zero-order chi connectivity index (χ0) is 13.8. The number of benzene rings is 1. The molecule has 20 heavy (non-hydrogen) atoms. The summed E-state index contributed by atoms with van der Waals surface area (Å²) in [6.07, 6.45) is 5.42. The van der Waals surface area contributed by atoms with Crippen molar-refractivity contribution in [1.82, 2.24) is 15.5 Å². The Kier molecular flexibility index (Phi) is 4.11. The molecule has 1 heterocycles. The summed E-state index contributed by atoms with van der Waals surface area (Å²) in [6.45, 7) is 2.90. The molecule has 2 aromatic rings. The molecule has 1 fully saturated rings. The van der Waals surface area contributed by atoms with Crippen molar-refractivity contribution in [3.05, 3.63) is 36.2 Å². The van der Waals surface area contributed by atoms with Gasteiger partial charge in [-0.2, -0.15) is 0 Å². The van der Waals surface area contributed by atoms with Crippen LogP contribution in [0.1, 0.15) is 38.5 Å². The quantitative estimate of drug-likeness (QED) is 0.905. The summed E-state index contributed by atoms with van der Waals surface area (Å²) in [4.78, 5) is 0. The molecule has 0 unspecified atom stereocenters. The Morgan fingerprint density at radius 3 is 2.70 bits per heavy atom. The minimum atomic E-state index is 0.518. The maximum absolute atomic E-state index is 5.70. The highest BCUT2D eigenvalue weighted by molar-refractivity contribution is 5.51. The van der Waals surface area contributed by atoms with Crippen LogP contribution >= 0.6 is 0 Å². The molecule has 1 aliphatic rings. The Balaban J connectivity index is 1.57. The van der Waals surface area contributed by atoms with Crippen molar-refractivity contribution in [2.24, 2.45) is 5.92 Å². The predicted molar refractivity (Wildman–Crippen MR) is 78.0 cm³/mol. The van der Waals surface area contributed by atoms with Crippen LogP contribution in [0, 0.1) is 5.92 Å². The smallest absolute Gasteiger partial charge is 0.247 e. The number of nitrogens with one attached hydrogen (secondary N) is 1. The second-order valence-corrected chi connectivity index (χ2v) is 5.58. The van der Waals surface area contributed by atoms with Crippen LogP contribution in [0.5, 0.6) is 0 Å². The van der Waals surface area contributed by atoms with Gasteiger partial charge in [-0.15, -0.1) is 10.2 Å². The molecule has 0 saturated heterocycles. The lowest BCUT2D eigenvalue weighted by molar-refractivity contribution is 0.360. The van der Waals surface area contributed by atoms with Crippen molar-refractivity contribution in [1.29, 1.82) is 0 Å². The molecule has 106 valence electrons. The Morgan fingerprint density at radius 1 is 1.20 bits per heavy atom. The Bertz CT molecular complexity index is 532. The first-order valence-electron chi connectivity index (χ1n) is 7.44. The van der Waals surface area contributed by atoms with Crippen LogP contribution in [-0.2, 0) is 6.54 Å². The van der Waals surface area contributed by atoms with Crippen LogP contribution in [0.3, 0.4) is 0 Å². The lowest BCUT2D eigenvalue weighted by atomic mass is 10.00. The summed E-state index contributed by atoms with van der Waals surface area (Å²) in [5.74, 6) is 2.05. The van der Waals surface area contributed by atoms with Crippen LogP contribution in [0.15, 0.2) is 34.7 Å². The van der Waals surface area contributed by atoms with Crippen molar-refractivity contribution in [2.75, 3.05) is 0 Å². The van der Waals surface area contributed by atoms with Crippen LogP contribution < -0.4 is 5.32 Å². The number of nitrogens with zero attached hydrogens (tertiary/aromatic N) is 2. The topological polar surface area (TPSA) is 51.0 Å². The number of rotatable bonds is 5. The highest BCUT2D eigenvalue weighted by Gasteiger charge is 2.21. The van der Waals surface area contributed by atoms with Gasteiger partial charge in [0.15, 0.2) is 0 Å². The van der Waals surface area contributed by atoms with Crippen LogP contribution in [0.4, 0.5) is 0 Å². The van der Waals surface area contributed by atoms with Gasteiger partial charge >= 0.3 is 0 Å². The third kappa shape index (κ3) is 3.07. The van der Waals surface area contributed by atoms with Gasteiger partial charge in [-0.05, 0) is 37.8 Å². The van der Waals surface area contributed by atoms with Gasteiger partial charge in [-0.1, -0.05) is 31.0 Å². The molecule has 4 heteroatoms. The van der Waals surface area contributed by atoms with E-state index < -0.39 is 0 Å². The second-order valence-electron chi connectivity index (χ2n) is 5.58. The second kappa shape index (κ2) is 6.18. The maximum Gasteiger partial charge on any atom is 0.247 e. The first kappa shape index (κ1) is 13.3. The Hall–Kier alpha value is -1.68. The maximum atomic E-state index is 5.70. The van der Waals surface area contributed by atoms with Crippen LogP contribution in [0.2, 0.25) is 0 Å². The fourth-order valence-electron chi connectivity index (χ4n) is 2.89. The molecular formula is C16H21N3O. The third-order valence-electron chi connectivity index (χ3n) is 4.17. The first-order valence-corrected chi connectivity index (χ1v) is 7.44. The highest BCUT2D eigenvalue weighted by atomic mass is 16.4. The van der Waals surface area contributed by atoms with Gasteiger partial charge in [-0.25, -0.2) is 0 Å². The van der Waals surface area contributed by atoms with Gasteiger partial charge in [0.1, 0.15) is 0 Å². The third-order valence-corrected chi connectivity index (χ3v) is 4.17. The fraction of sp³-hybridized carbons (Fsp3) is 0.500.